The largest absolute Gasteiger partial charge is 0.316 e. The van der Waals surface area contributed by atoms with E-state index in [1.54, 1.807) is 0 Å². The van der Waals surface area contributed by atoms with Crippen LogP contribution in [0.25, 0.3) is 0 Å². The van der Waals surface area contributed by atoms with Crippen LogP contribution in [-0.2, 0) is 0 Å². The second kappa shape index (κ2) is 5.74. The summed E-state index contributed by atoms with van der Waals surface area (Å²) in [5.41, 5.74) is 0.661. The lowest BCUT2D eigenvalue weighted by Crippen LogP contribution is -2.40. The summed E-state index contributed by atoms with van der Waals surface area (Å²) in [7, 11) is 0. The molecule has 2 rings (SSSR count). The molecule has 2 fully saturated rings. The predicted molar refractivity (Wildman–Crippen MR) is 73.1 cm³/mol. The van der Waals surface area contributed by atoms with E-state index >= 15 is 0 Å². The van der Waals surface area contributed by atoms with Gasteiger partial charge in [0.25, 0.3) is 0 Å². The van der Waals surface area contributed by atoms with Crippen LogP contribution in [0.15, 0.2) is 0 Å². The zero-order valence-electron chi connectivity index (χ0n) is 10.7. The third kappa shape index (κ3) is 3.38. The van der Waals surface area contributed by atoms with Crippen molar-refractivity contribution in [1.82, 2.24) is 10.6 Å². The highest BCUT2D eigenvalue weighted by molar-refractivity contribution is 7.99. The quantitative estimate of drug-likeness (QED) is 0.698. The lowest BCUT2D eigenvalue weighted by atomic mass is 9.92. The first-order chi connectivity index (χ1) is 7.73. The van der Waals surface area contributed by atoms with Crippen molar-refractivity contribution in [1.29, 1.82) is 0 Å². The van der Waals surface area contributed by atoms with Crippen molar-refractivity contribution in [3.63, 3.8) is 0 Å². The first-order valence-electron chi connectivity index (χ1n) is 6.75. The van der Waals surface area contributed by atoms with Gasteiger partial charge in [0.2, 0.25) is 0 Å². The van der Waals surface area contributed by atoms with E-state index in [9.17, 15) is 0 Å². The van der Waals surface area contributed by atoms with Crippen LogP contribution in [0.5, 0.6) is 0 Å². The van der Waals surface area contributed by atoms with Crippen LogP contribution in [-0.4, -0.2) is 37.2 Å². The van der Waals surface area contributed by atoms with Gasteiger partial charge in [-0.05, 0) is 37.1 Å². The minimum absolute atomic E-state index is 0.661. The predicted octanol–water partition coefficient (Wildman–Crippen LogP) is 2.11. The normalized spacial score (nSPS) is 28.3. The first kappa shape index (κ1) is 12.7. The van der Waals surface area contributed by atoms with Crippen LogP contribution in [0.2, 0.25) is 0 Å². The third-order valence-electron chi connectivity index (χ3n) is 4.26. The Morgan fingerprint density at radius 3 is 2.81 bits per heavy atom. The Hall–Kier alpha value is 0.270. The van der Waals surface area contributed by atoms with Gasteiger partial charge in [0.15, 0.2) is 0 Å². The molecule has 0 bridgehead atoms. The minimum atomic E-state index is 0.661. The molecule has 1 saturated carbocycles. The molecule has 0 aromatic heterocycles. The molecule has 2 aliphatic rings. The Balaban J connectivity index is 1.55. The Bertz CT molecular complexity index is 208. The molecule has 1 aliphatic heterocycles. The first-order valence-corrected chi connectivity index (χ1v) is 7.90. The van der Waals surface area contributed by atoms with Gasteiger partial charge in [0, 0.05) is 30.6 Å². The van der Waals surface area contributed by atoms with Gasteiger partial charge >= 0.3 is 0 Å². The van der Waals surface area contributed by atoms with Crippen molar-refractivity contribution >= 4 is 11.8 Å². The van der Waals surface area contributed by atoms with Gasteiger partial charge in [0.1, 0.15) is 0 Å². The molecule has 1 atom stereocenters. The van der Waals surface area contributed by atoms with Gasteiger partial charge in [-0.15, -0.1) is 0 Å². The zero-order valence-corrected chi connectivity index (χ0v) is 11.5. The van der Waals surface area contributed by atoms with Crippen LogP contribution in [0, 0.1) is 11.3 Å². The Labute approximate surface area is 104 Å². The lowest BCUT2D eigenvalue weighted by molar-refractivity contribution is 0.334. The summed E-state index contributed by atoms with van der Waals surface area (Å²) in [6.07, 6.45) is 4.17. The summed E-state index contributed by atoms with van der Waals surface area (Å²) in [4.78, 5) is 0. The molecule has 1 heterocycles. The van der Waals surface area contributed by atoms with Crippen LogP contribution in [0.3, 0.4) is 0 Å². The molecule has 1 saturated heterocycles. The van der Waals surface area contributed by atoms with Crippen molar-refractivity contribution < 1.29 is 0 Å². The fourth-order valence-corrected chi connectivity index (χ4v) is 3.54. The van der Waals surface area contributed by atoms with Crippen LogP contribution >= 0.6 is 11.8 Å². The monoisotopic (exact) mass is 242 g/mol. The standard InChI is InChI=1S/C13H26N2S/c1-11(2)13(4-5-13)10-14-6-3-12-9-16-8-7-15-12/h11-12,14-15H,3-10H2,1-2H3. The fraction of sp³-hybridized carbons (Fsp3) is 1.00. The van der Waals surface area contributed by atoms with Gasteiger partial charge in [-0.2, -0.15) is 11.8 Å². The number of hydrogen-bond acceptors (Lipinski definition) is 3. The van der Waals surface area contributed by atoms with Crippen LogP contribution in [0.1, 0.15) is 33.1 Å². The van der Waals surface area contributed by atoms with Gasteiger partial charge in [-0.3, -0.25) is 0 Å². The van der Waals surface area contributed by atoms with Gasteiger partial charge in [0.05, 0.1) is 0 Å². The lowest BCUT2D eigenvalue weighted by Gasteiger charge is -2.24. The van der Waals surface area contributed by atoms with Crippen molar-refractivity contribution in [2.45, 2.75) is 39.2 Å². The number of nitrogens with one attached hydrogen (secondary N) is 2. The number of rotatable bonds is 6. The fourth-order valence-electron chi connectivity index (χ4n) is 2.54. The van der Waals surface area contributed by atoms with E-state index < -0.39 is 0 Å². The second-order valence-corrected chi connectivity index (χ2v) is 6.86. The molecule has 1 unspecified atom stereocenters. The van der Waals surface area contributed by atoms with E-state index in [0.29, 0.717) is 5.41 Å². The van der Waals surface area contributed by atoms with Gasteiger partial charge < -0.3 is 10.6 Å². The van der Waals surface area contributed by atoms with Crippen molar-refractivity contribution in [2.75, 3.05) is 31.1 Å². The molecule has 16 heavy (non-hydrogen) atoms. The molecule has 0 spiro atoms. The molecular formula is C13H26N2S. The molecular weight excluding hydrogens is 216 g/mol. The highest BCUT2D eigenvalue weighted by atomic mass is 32.2. The maximum absolute atomic E-state index is 3.67. The van der Waals surface area contributed by atoms with E-state index in [1.165, 1.54) is 50.4 Å². The van der Waals surface area contributed by atoms with Gasteiger partial charge in [-0.1, -0.05) is 13.8 Å². The topological polar surface area (TPSA) is 24.1 Å². The molecule has 2 nitrogen and oxygen atoms in total. The second-order valence-electron chi connectivity index (χ2n) is 5.71. The Morgan fingerprint density at radius 1 is 1.44 bits per heavy atom. The SMILES string of the molecule is CC(C)C1(CNCCC2CSCCN2)CC1. The Kier molecular flexibility index (Phi) is 4.57. The highest BCUT2D eigenvalue weighted by Crippen LogP contribution is 2.51. The van der Waals surface area contributed by atoms with E-state index in [0.717, 1.165) is 12.0 Å². The van der Waals surface area contributed by atoms with E-state index in [-0.39, 0.29) is 0 Å². The molecule has 0 radical (unpaired) electrons. The molecule has 0 aromatic rings. The third-order valence-corrected chi connectivity index (χ3v) is 5.39. The molecule has 1 aliphatic carbocycles. The highest BCUT2D eigenvalue weighted by Gasteiger charge is 2.44. The maximum Gasteiger partial charge on any atom is 0.0170 e. The summed E-state index contributed by atoms with van der Waals surface area (Å²) in [5.74, 6) is 3.44. The maximum atomic E-state index is 3.67. The molecule has 0 aromatic carbocycles. The summed E-state index contributed by atoms with van der Waals surface area (Å²) in [6.45, 7) is 8.37. The van der Waals surface area contributed by atoms with Crippen LogP contribution in [0.4, 0.5) is 0 Å². The van der Waals surface area contributed by atoms with E-state index in [4.69, 9.17) is 0 Å². The summed E-state index contributed by atoms with van der Waals surface area (Å²) in [6, 6.07) is 0.750. The molecule has 94 valence electrons. The Morgan fingerprint density at radius 2 is 2.25 bits per heavy atom. The minimum Gasteiger partial charge on any atom is -0.316 e. The van der Waals surface area contributed by atoms with Gasteiger partial charge in [-0.25, -0.2) is 0 Å². The van der Waals surface area contributed by atoms with E-state index in [2.05, 4.69) is 36.2 Å². The zero-order chi connectivity index (χ0) is 11.4. The average Bonchev–Trinajstić information content (AvgIpc) is 3.07. The summed E-state index contributed by atoms with van der Waals surface area (Å²) in [5, 5.41) is 7.26. The van der Waals surface area contributed by atoms with Crippen LogP contribution < -0.4 is 10.6 Å². The van der Waals surface area contributed by atoms with Crippen molar-refractivity contribution in [2.24, 2.45) is 11.3 Å². The van der Waals surface area contributed by atoms with E-state index in [1.807, 2.05) is 0 Å². The average molecular weight is 242 g/mol. The molecule has 2 N–H and O–H groups in total. The van der Waals surface area contributed by atoms with Crippen molar-refractivity contribution in [3.05, 3.63) is 0 Å². The van der Waals surface area contributed by atoms with Crippen molar-refractivity contribution in [3.8, 4) is 0 Å². The summed E-state index contributed by atoms with van der Waals surface area (Å²) >= 11 is 2.09. The summed E-state index contributed by atoms with van der Waals surface area (Å²) < 4.78 is 0. The smallest absolute Gasteiger partial charge is 0.0170 e. The molecule has 3 heteroatoms. The number of hydrogen-bond donors (Lipinski definition) is 2. The molecule has 0 amide bonds. The number of thioether (sulfide) groups is 1.